The van der Waals surface area contributed by atoms with Gasteiger partial charge in [0.1, 0.15) is 5.82 Å². The average Bonchev–Trinajstić information content (AvgIpc) is 3.19. The highest BCUT2D eigenvalue weighted by atomic mass is 16.7. The van der Waals surface area contributed by atoms with E-state index < -0.39 is 0 Å². The molecule has 4 rings (SSSR count). The number of anilines is 2. The third-order valence-corrected chi connectivity index (χ3v) is 4.45. The van der Waals surface area contributed by atoms with Crippen LogP contribution in [0.1, 0.15) is 12.0 Å². The molecule has 3 aromatic rings. The highest BCUT2D eigenvalue weighted by molar-refractivity contribution is 5.90. The largest absolute Gasteiger partial charge is 0.454 e. The molecule has 29 heavy (non-hydrogen) atoms. The first-order valence-corrected chi connectivity index (χ1v) is 9.53. The maximum atomic E-state index is 5.39. The minimum absolute atomic E-state index is 0.253. The van der Waals surface area contributed by atoms with Crippen molar-refractivity contribution in [2.24, 2.45) is 5.10 Å². The standard InChI is InChI=1S/C21H24N6O2/c1-27(2)11-5-10-22-20-16-6-3-4-7-17(16)24-21(25-20)26-23-13-15-8-9-18-19(12-15)29-14-28-18/h3-4,6-9,12-13H,5,10-11,14H2,1-2H3,(H2,22,24,25,26)/b23-13+. The second-order valence-corrected chi connectivity index (χ2v) is 6.98. The van der Waals surface area contributed by atoms with E-state index in [9.17, 15) is 0 Å². The van der Waals surface area contributed by atoms with E-state index in [4.69, 9.17) is 9.47 Å². The van der Waals surface area contributed by atoms with Crippen LogP contribution in [-0.2, 0) is 0 Å². The molecule has 8 nitrogen and oxygen atoms in total. The van der Waals surface area contributed by atoms with Crippen molar-refractivity contribution in [3.8, 4) is 11.5 Å². The molecule has 2 aromatic carbocycles. The fourth-order valence-corrected chi connectivity index (χ4v) is 3.02. The SMILES string of the molecule is CN(C)CCCNc1nc(N/N=C/c2ccc3c(c2)OCO3)nc2ccccc12. The zero-order chi connectivity index (χ0) is 20.1. The van der Waals surface area contributed by atoms with E-state index in [0.717, 1.165) is 53.3 Å². The summed E-state index contributed by atoms with van der Waals surface area (Å²) in [5.41, 5.74) is 4.68. The lowest BCUT2D eigenvalue weighted by molar-refractivity contribution is 0.174. The maximum absolute atomic E-state index is 5.39. The molecule has 1 aliphatic rings. The minimum atomic E-state index is 0.253. The molecule has 8 heteroatoms. The van der Waals surface area contributed by atoms with Crippen LogP contribution in [0.4, 0.5) is 11.8 Å². The molecule has 0 spiro atoms. The second-order valence-electron chi connectivity index (χ2n) is 6.98. The van der Waals surface area contributed by atoms with Crippen molar-refractivity contribution in [3.05, 3.63) is 48.0 Å². The first-order valence-electron chi connectivity index (χ1n) is 9.53. The zero-order valence-corrected chi connectivity index (χ0v) is 16.6. The molecule has 0 saturated heterocycles. The molecule has 0 amide bonds. The average molecular weight is 392 g/mol. The van der Waals surface area contributed by atoms with Crippen LogP contribution in [0, 0.1) is 0 Å². The Hall–Kier alpha value is -3.39. The molecule has 0 radical (unpaired) electrons. The van der Waals surface area contributed by atoms with Gasteiger partial charge in [-0.25, -0.2) is 10.4 Å². The molecule has 0 atom stereocenters. The smallest absolute Gasteiger partial charge is 0.246 e. The Morgan fingerprint density at radius 3 is 2.86 bits per heavy atom. The monoisotopic (exact) mass is 392 g/mol. The molecule has 0 aliphatic carbocycles. The van der Waals surface area contributed by atoms with Gasteiger partial charge >= 0.3 is 0 Å². The molecular formula is C21H24N6O2. The Labute approximate surface area is 169 Å². The van der Waals surface area contributed by atoms with Gasteiger partial charge in [0.15, 0.2) is 11.5 Å². The molecular weight excluding hydrogens is 368 g/mol. The Kier molecular flexibility index (Phi) is 5.71. The van der Waals surface area contributed by atoms with Crippen LogP contribution < -0.4 is 20.2 Å². The molecule has 1 aromatic heterocycles. The van der Waals surface area contributed by atoms with Crippen molar-refractivity contribution >= 4 is 28.9 Å². The third kappa shape index (κ3) is 4.72. The zero-order valence-electron chi connectivity index (χ0n) is 16.6. The number of hydrazone groups is 1. The lowest BCUT2D eigenvalue weighted by atomic mass is 10.2. The van der Waals surface area contributed by atoms with Gasteiger partial charge in [-0.15, -0.1) is 0 Å². The number of ether oxygens (including phenoxy) is 2. The highest BCUT2D eigenvalue weighted by Crippen LogP contribution is 2.32. The summed E-state index contributed by atoms with van der Waals surface area (Å²) in [6.07, 6.45) is 2.72. The van der Waals surface area contributed by atoms with Crippen molar-refractivity contribution in [1.29, 1.82) is 0 Å². The maximum Gasteiger partial charge on any atom is 0.246 e. The van der Waals surface area contributed by atoms with Gasteiger partial charge in [-0.3, -0.25) is 0 Å². The number of nitrogens with zero attached hydrogens (tertiary/aromatic N) is 4. The van der Waals surface area contributed by atoms with Gasteiger partial charge in [-0.05, 0) is 63.0 Å². The van der Waals surface area contributed by atoms with Crippen molar-refractivity contribution in [1.82, 2.24) is 14.9 Å². The Morgan fingerprint density at radius 1 is 1.10 bits per heavy atom. The predicted octanol–water partition coefficient (Wildman–Crippen LogP) is 3.17. The van der Waals surface area contributed by atoms with Crippen molar-refractivity contribution in [3.63, 3.8) is 0 Å². The van der Waals surface area contributed by atoms with Gasteiger partial charge in [-0.2, -0.15) is 10.1 Å². The summed E-state index contributed by atoms with van der Waals surface area (Å²) < 4.78 is 10.7. The molecule has 2 N–H and O–H groups in total. The molecule has 1 aliphatic heterocycles. The molecule has 0 bridgehead atoms. The summed E-state index contributed by atoms with van der Waals surface area (Å²) >= 11 is 0. The summed E-state index contributed by atoms with van der Waals surface area (Å²) in [6, 6.07) is 13.6. The number of fused-ring (bicyclic) bond motifs is 2. The highest BCUT2D eigenvalue weighted by Gasteiger charge is 2.12. The van der Waals surface area contributed by atoms with E-state index in [-0.39, 0.29) is 6.79 Å². The minimum Gasteiger partial charge on any atom is -0.454 e. The summed E-state index contributed by atoms with van der Waals surface area (Å²) in [5.74, 6) is 2.71. The van der Waals surface area contributed by atoms with Crippen LogP contribution in [0.2, 0.25) is 0 Å². The van der Waals surface area contributed by atoms with Gasteiger partial charge in [0.25, 0.3) is 0 Å². The lowest BCUT2D eigenvalue weighted by Gasteiger charge is -2.12. The van der Waals surface area contributed by atoms with Gasteiger partial charge < -0.3 is 19.7 Å². The van der Waals surface area contributed by atoms with E-state index in [1.165, 1.54) is 0 Å². The van der Waals surface area contributed by atoms with Crippen LogP contribution in [0.5, 0.6) is 11.5 Å². The molecule has 0 unspecified atom stereocenters. The van der Waals surface area contributed by atoms with E-state index in [1.807, 2.05) is 42.5 Å². The fraction of sp³-hybridized carbons (Fsp3) is 0.286. The van der Waals surface area contributed by atoms with Crippen molar-refractivity contribution in [2.75, 3.05) is 44.7 Å². The molecule has 0 fully saturated rings. The summed E-state index contributed by atoms with van der Waals surface area (Å²) in [5, 5.41) is 8.68. The number of rotatable bonds is 8. The van der Waals surface area contributed by atoms with Crippen LogP contribution >= 0.6 is 0 Å². The van der Waals surface area contributed by atoms with Gasteiger partial charge in [0.2, 0.25) is 12.7 Å². The van der Waals surface area contributed by atoms with Crippen LogP contribution in [0.3, 0.4) is 0 Å². The topological polar surface area (TPSA) is 83.9 Å². The van der Waals surface area contributed by atoms with Crippen LogP contribution in [0.15, 0.2) is 47.6 Å². The molecule has 150 valence electrons. The van der Waals surface area contributed by atoms with Crippen molar-refractivity contribution in [2.45, 2.75) is 6.42 Å². The van der Waals surface area contributed by atoms with Gasteiger partial charge in [0.05, 0.1) is 11.7 Å². The first-order chi connectivity index (χ1) is 14.2. The lowest BCUT2D eigenvalue weighted by Crippen LogP contribution is -2.17. The first kappa shape index (κ1) is 18.9. The number of para-hydroxylation sites is 1. The quantitative estimate of drug-likeness (QED) is 0.346. The number of nitrogens with one attached hydrogen (secondary N) is 2. The van der Waals surface area contributed by atoms with Gasteiger partial charge in [-0.1, -0.05) is 12.1 Å². The predicted molar refractivity (Wildman–Crippen MR) is 115 cm³/mol. The normalized spacial score (nSPS) is 12.8. The van der Waals surface area contributed by atoms with E-state index >= 15 is 0 Å². The van der Waals surface area contributed by atoms with E-state index in [2.05, 4.69) is 44.8 Å². The molecule has 2 heterocycles. The third-order valence-electron chi connectivity index (χ3n) is 4.45. The molecule has 0 saturated carbocycles. The number of benzene rings is 2. The Balaban J connectivity index is 1.48. The van der Waals surface area contributed by atoms with Crippen LogP contribution in [0.25, 0.3) is 10.9 Å². The van der Waals surface area contributed by atoms with Crippen molar-refractivity contribution < 1.29 is 9.47 Å². The summed E-state index contributed by atoms with van der Waals surface area (Å²) in [6.45, 7) is 2.10. The van der Waals surface area contributed by atoms with Gasteiger partial charge in [0, 0.05) is 11.9 Å². The Bertz CT molecular complexity index is 1020. The Morgan fingerprint density at radius 2 is 1.97 bits per heavy atom. The second kappa shape index (κ2) is 8.74. The number of aromatic nitrogens is 2. The fourth-order valence-electron chi connectivity index (χ4n) is 3.02. The van der Waals surface area contributed by atoms with Crippen LogP contribution in [-0.4, -0.2) is 55.1 Å². The van der Waals surface area contributed by atoms with E-state index in [0.29, 0.717) is 5.95 Å². The number of hydrogen-bond donors (Lipinski definition) is 2. The number of hydrogen-bond acceptors (Lipinski definition) is 8. The summed E-state index contributed by atoms with van der Waals surface area (Å²) in [7, 11) is 4.14. The van der Waals surface area contributed by atoms with E-state index in [1.54, 1.807) is 6.21 Å². The summed E-state index contributed by atoms with van der Waals surface area (Å²) in [4.78, 5) is 11.3.